The minimum atomic E-state index is -0.573. The van der Waals surface area contributed by atoms with Crippen LogP contribution in [0.3, 0.4) is 0 Å². The van der Waals surface area contributed by atoms with Crippen molar-refractivity contribution in [3.05, 3.63) is 47.0 Å². The van der Waals surface area contributed by atoms with E-state index in [4.69, 9.17) is 16.3 Å². The second kappa shape index (κ2) is 5.89. The van der Waals surface area contributed by atoms with Gasteiger partial charge in [-0.25, -0.2) is 13.9 Å². The van der Waals surface area contributed by atoms with Gasteiger partial charge in [0, 0.05) is 6.20 Å². The zero-order valence-corrected chi connectivity index (χ0v) is 13.8. The molecule has 7 nitrogen and oxygen atoms in total. The van der Waals surface area contributed by atoms with Crippen LogP contribution in [0, 0.1) is 5.82 Å². The molecular formula is C16H13ClFN5O2. The van der Waals surface area contributed by atoms with Crippen molar-refractivity contribution in [2.24, 2.45) is 0 Å². The molecule has 2 aromatic heterocycles. The third-order valence-corrected chi connectivity index (χ3v) is 4.17. The summed E-state index contributed by atoms with van der Waals surface area (Å²) in [5.41, 5.74) is 0.992. The van der Waals surface area contributed by atoms with E-state index in [1.165, 1.54) is 22.8 Å². The highest BCUT2D eigenvalue weighted by Crippen LogP contribution is 2.37. The van der Waals surface area contributed by atoms with E-state index in [1.54, 1.807) is 19.2 Å². The Morgan fingerprint density at radius 2 is 2.24 bits per heavy atom. The van der Waals surface area contributed by atoms with E-state index in [9.17, 15) is 9.18 Å². The maximum Gasteiger partial charge on any atom is 0.256 e. The van der Waals surface area contributed by atoms with Crippen LogP contribution in [0.15, 0.2) is 30.6 Å². The molecule has 0 spiro atoms. The molecule has 1 aromatic carbocycles. The van der Waals surface area contributed by atoms with Crippen molar-refractivity contribution in [1.82, 2.24) is 19.9 Å². The van der Waals surface area contributed by atoms with Gasteiger partial charge in [-0.05, 0) is 25.1 Å². The number of hydrogen-bond acceptors (Lipinski definition) is 5. The fourth-order valence-electron chi connectivity index (χ4n) is 2.56. The van der Waals surface area contributed by atoms with Gasteiger partial charge in [0.05, 0.1) is 12.7 Å². The number of anilines is 2. The van der Waals surface area contributed by atoms with Gasteiger partial charge in [-0.15, -0.1) is 0 Å². The van der Waals surface area contributed by atoms with Crippen LogP contribution < -0.4 is 15.4 Å². The highest BCUT2D eigenvalue weighted by Gasteiger charge is 2.20. The van der Waals surface area contributed by atoms with E-state index in [0.717, 1.165) is 0 Å². The average molecular weight is 362 g/mol. The number of ether oxygens (including phenoxy) is 1. The van der Waals surface area contributed by atoms with Crippen molar-refractivity contribution >= 4 is 34.7 Å². The van der Waals surface area contributed by atoms with Gasteiger partial charge < -0.3 is 15.4 Å². The number of carbonyl (C=O) groups excluding carboxylic acids is 1. The second-order valence-electron chi connectivity index (χ2n) is 5.64. The first-order valence-corrected chi connectivity index (χ1v) is 7.95. The number of aromatic nitrogens is 3. The first-order chi connectivity index (χ1) is 12.0. The molecule has 1 aliphatic heterocycles. The molecule has 128 valence electrons. The number of rotatable bonds is 0. The number of amides is 1. The molecule has 1 atom stereocenters. The fourth-order valence-corrected chi connectivity index (χ4v) is 2.77. The lowest BCUT2D eigenvalue weighted by molar-refractivity contribution is 0.0934. The van der Waals surface area contributed by atoms with Crippen LogP contribution >= 0.6 is 11.6 Å². The third-order valence-electron chi connectivity index (χ3n) is 3.80. The topological polar surface area (TPSA) is 80.6 Å². The van der Waals surface area contributed by atoms with Crippen molar-refractivity contribution in [3.63, 3.8) is 0 Å². The van der Waals surface area contributed by atoms with E-state index >= 15 is 0 Å². The van der Waals surface area contributed by atoms with Crippen molar-refractivity contribution in [2.75, 3.05) is 11.9 Å². The van der Waals surface area contributed by atoms with Crippen LogP contribution in [0.2, 0.25) is 5.02 Å². The van der Waals surface area contributed by atoms with Gasteiger partial charge in [-0.1, -0.05) is 11.6 Å². The molecule has 0 saturated carbocycles. The lowest BCUT2D eigenvalue weighted by Gasteiger charge is -2.20. The Hall–Kier alpha value is -2.87. The number of benzene rings is 1. The Labute approximate surface area is 146 Å². The Morgan fingerprint density at radius 1 is 1.40 bits per heavy atom. The van der Waals surface area contributed by atoms with Crippen LogP contribution in [0.5, 0.6) is 5.75 Å². The molecule has 3 aromatic rings. The predicted octanol–water partition coefficient (Wildman–Crippen LogP) is 2.78. The lowest BCUT2D eigenvalue weighted by atomic mass is 10.2. The molecular weight excluding hydrogens is 349 g/mol. The van der Waals surface area contributed by atoms with Crippen LogP contribution in [-0.4, -0.2) is 33.2 Å². The Balaban J connectivity index is 1.90. The number of hydrogen-bond donors (Lipinski definition) is 2. The summed E-state index contributed by atoms with van der Waals surface area (Å²) in [6, 6.07) is 4.35. The molecule has 2 bridgehead atoms. The number of nitrogens with zero attached hydrogens (tertiary/aromatic N) is 3. The van der Waals surface area contributed by atoms with Crippen LogP contribution in [0.4, 0.5) is 15.9 Å². The molecule has 2 N–H and O–H groups in total. The van der Waals surface area contributed by atoms with Crippen LogP contribution in [0.1, 0.15) is 17.3 Å². The van der Waals surface area contributed by atoms with Gasteiger partial charge in [0.1, 0.15) is 39.8 Å². The Bertz CT molecular complexity index is 990. The quantitative estimate of drug-likeness (QED) is 0.643. The van der Waals surface area contributed by atoms with E-state index < -0.39 is 5.82 Å². The number of halogens is 2. The van der Waals surface area contributed by atoms with Crippen molar-refractivity contribution in [2.45, 2.75) is 13.0 Å². The summed E-state index contributed by atoms with van der Waals surface area (Å²) in [6.07, 6.45) is 2.73. The van der Waals surface area contributed by atoms with Crippen molar-refractivity contribution in [1.29, 1.82) is 0 Å². The molecule has 0 fully saturated rings. The molecule has 1 amide bonds. The van der Waals surface area contributed by atoms with E-state index in [2.05, 4.69) is 20.7 Å². The second-order valence-corrected chi connectivity index (χ2v) is 6.02. The minimum Gasteiger partial charge on any atom is -0.487 e. The summed E-state index contributed by atoms with van der Waals surface area (Å²) >= 11 is 6.11. The molecule has 0 aliphatic carbocycles. The molecule has 3 heterocycles. The molecule has 25 heavy (non-hydrogen) atoms. The zero-order chi connectivity index (χ0) is 17.6. The van der Waals surface area contributed by atoms with Crippen molar-refractivity contribution in [3.8, 4) is 5.75 Å². The first kappa shape index (κ1) is 15.6. The van der Waals surface area contributed by atoms with Crippen LogP contribution in [0.25, 0.3) is 5.65 Å². The summed E-state index contributed by atoms with van der Waals surface area (Å²) in [6.45, 7) is 2.04. The van der Waals surface area contributed by atoms with E-state index in [-0.39, 0.29) is 29.3 Å². The first-order valence-electron chi connectivity index (χ1n) is 7.57. The zero-order valence-electron chi connectivity index (χ0n) is 13.1. The summed E-state index contributed by atoms with van der Waals surface area (Å²) in [7, 11) is 0. The number of carbonyl (C=O) groups is 1. The molecule has 9 heteroatoms. The SMILES string of the molecule is CC1CNC(=O)c2cnn3ccc(nc23)Nc2c(ccc(F)c2Cl)O1. The van der Waals surface area contributed by atoms with Gasteiger partial charge in [-0.2, -0.15) is 5.10 Å². The highest BCUT2D eigenvalue weighted by atomic mass is 35.5. The predicted molar refractivity (Wildman–Crippen MR) is 90.1 cm³/mol. The normalized spacial score (nSPS) is 17.1. The molecule has 1 aliphatic rings. The van der Waals surface area contributed by atoms with E-state index in [1.807, 2.05) is 0 Å². The third kappa shape index (κ3) is 2.74. The standard InChI is InChI=1S/C16H13ClFN5O2/c1-8-6-19-16(24)9-7-20-23-5-4-12(22-15(9)23)21-14-11(25-8)3-2-10(18)13(14)17/h2-5,7-8H,6H2,1H3,(H,19,24)(H,21,22). The van der Waals surface area contributed by atoms with Gasteiger partial charge >= 0.3 is 0 Å². The molecule has 1 unspecified atom stereocenters. The minimum absolute atomic E-state index is 0.0961. The van der Waals surface area contributed by atoms with Gasteiger partial charge in [0.25, 0.3) is 5.91 Å². The fraction of sp³-hybridized carbons (Fsp3) is 0.188. The highest BCUT2D eigenvalue weighted by molar-refractivity contribution is 6.33. The molecule has 0 saturated heterocycles. The molecule has 0 radical (unpaired) electrons. The van der Waals surface area contributed by atoms with Crippen LogP contribution in [-0.2, 0) is 0 Å². The Morgan fingerprint density at radius 3 is 3.08 bits per heavy atom. The van der Waals surface area contributed by atoms with Gasteiger partial charge in [0.15, 0.2) is 5.65 Å². The molecule has 4 rings (SSSR count). The lowest BCUT2D eigenvalue weighted by Crippen LogP contribution is -2.33. The Kier molecular flexibility index (Phi) is 3.69. The number of nitrogens with one attached hydrogen (secondary N) is 2. The summed E-state index contributed by atoms with van der Waals surface area (Å²) in [4.78, 5) is 16.7. The van der Waals surface area contributed by atoms with Crippen molar-refractivity contribution < 1.29 is 13.9 Å². The summed E-state index contributed by atoms with van der Waals surface area (Å²) in [5, 5.41) is 9.77. The average Bonchev–Trinajstić information content (AvgIpc) is 3.01. The smallest absolute Gasteiger partial charge is 0.256 e. The maximum absolute atomic E-state index is 13.9. The summed E-state index contributed by atoms with van der Waals surface area (Å²) in [5.74, 6) is -0.125. The maximum atomic E-state index is 13.9. The largest absolute Gasteiger partial charge is 0.487 e. The van der Waals surface area contributed by atoms with E-state index in [0.29, 0.717) is 22.8 Å². The van der Waals surface area contributed by atoms with Gasteiger partial charge in [0.2, 0.25) is 0 Å². The van der Waals surface area contributed by atoms with Gasteiger partial charge in [-0.3, -0.25) is 4.79 Å². The summed E-state index contributed by atoms with van der Waals surface area (Å²) < 4.78 is 21.2. The number of fused-ring (bicyclic) bond motifs is 2. The monoisotopic (exact) mass is 361 g/mol.